The molecule has 1 fully saturated rings. The molecule has 0 unspecified atom stereocenters. The smallest absolute Gasteiger partial charge is 0.149 e. The van der Waals surface area contributed by atoms with Gasteiger partial charge in [-0.3, -0.25) is 0 Å². The van der Waals surface area contributed by atoms with E-state index < -0.39 is 0 Å². The Labute approximate surface area is 134 Å². The number of ether oxygens (including phenoxy) is 1. The van der Waals surface area contributed by atoms with E-state index in [1.807, 2.05) is 30.8 Å². The van der Waals surface area contributed by atoms with Crippen LogP contribution in [-0.2, 0) is 4.74 Å². The van der Waals surface area contributed by atoms with Gasteiger partial charge in [-0.1, -0.05) is 12.1 Å². The van der Waals surface area contributed by atoms with Crippen LogP contribution >= 0.6 is 11.8 Å². The Morgan fingerprint density at radius 1 is 1.36 bits per heavy atom. The van der Waals surface area contributed by atoms with Gasteiger partial charge in [0.05, 0.1) is 0 Å². The van der Waals surface area contributed by atoms with Crippen LogP contribution < -0.4 is 5.32 Å². The van der Waals surface area contributed by atoms with Crippen LogP contribution in [0.15, 0.2) is 24.3 Å². The first-order valence-electron chi connectivity index (χ1n) is 7.56. The van der Waals surface area contributed by atoms with Gasteiger partial charge in [0.2, 0.25) is 0 Å². The molecule has 1 aromatic heterocycles. The number of hydrogen-bond acceptors (Lipinski definition) is 4. The maximum absolute atomic E-state index is 14.0. The Kier molecular flexibility index (Phi) is 4.54. The molecular formula is C17H21FN2OS. The van der Waals surface area contributed by atoms with E-state index in [0.717, 1.165) is 49.4 Å². The van der Waals surface area contributed by atoms with E-state index in [4.69, 9.17) is 4.74 Å². The van der Waals surface area contributed by atoms with Crippen LogP contribution in [0.4, 0.5) is 10.1 Å². The molecule has 1 N–H and O–H groups in total. The minimum atomic E-state index is -0.269. The lowest BCUT2D eigenvalue weighted by molar-refractivity contribution is 0.0802. The number of thioether (sulfide) groups is 1. The van der Waals surface area contributed by atoms with E-state index in [1.54, 1.807) is 6.07 Å². The number of aryl methyl sites for hydroxylation is 1. The highest BCUT2D eigenvalue weighted by molar-refractivity contribution is 8.00. The van der Waals surface area contributed by atoms with Crippen molar-refractivity contribution >= 4 is 28.4 Å². The van der Waals surface area contributed by atoms with Gasteiger partial charge in [-0.05, 0) is 38.2 Å². The number of benzene rings is 1. The Morgan fingerprint density at radius 2 is 2.14 bits per heavy atom. The minimum absolute atomic E-state index is 0.190. The van der Waals surface area contributed by atoms with Crippen molar-refractivity contribution in [2.45, 2.75) is 24.5 Å². The maximum Gasteiger partial charge on any atom is 0.149 e. The summed E-state index contributed by atoms with van der Waals surface area (Å²) in [4.78, 5) is 4.33. The second kappa shape index (κ2) is 6.42. The summed E-state index contributed by atoms with van der Waals surface area (Å²) >= 11 is 1.89. The van der Waals surface area contributed by atoms with E-state index in [-0.39, 0.29) is 10.6 Å². The van der Waals surface area contributed by atoms with Crippen LogP contribution in [0.2, 0.25) is 0 Å². The summed E-state index contributed by atoms with van der Waals surface area (Å²) in [6.45, 7) is 4.38. The number of hydrogen-bond donors (Lipinski definition) is 1. The molecule has 0 spiro atoms. The van der Waals surface area contributed by atoms with Gasteiger partial charge >= 0.3 is 0 Å². The van der Waals surface area contributed by atoms with E-state index >= 15 is 0 Å². The van der Waals surface area contributed by atoms with Crippen molar-refractivity contribution in [3.8, 4) is 0 Å². The highest BCUT2D eigenvalue weighted by atomic mass is 32.2. The summed E-state index contributed by atoms with van der Waals surface area (Å²) in [7, 11) is 0. The summed E-state index contributed by atoms with van der Waals surface area (Å²) in [6, 6.07) is 7.11. The third-order valence-corrected chi connectivity index (χ3v) is 5.78. The van der Waals surface area contributed by atoms with Crippen LogP contribution in [0.5, 0.6) is 0 Å². The van der Waals surface area contributed by atoms with Crippen LogP contribution in [0.3, 0.4) is 0 Å². The molecule has 22 heavy (non-hydrogen) atoms. The second-order valence-electron chi connectivity index (χ2n) is 5.80. The number of halogens is 1. The number of nitrogens with zero attached hydrogens (tertiary/aromatic N) is 1. The third-order valence-electron chi connectivity index (χ3n) is 4.36. The average Bonchev–Trinajstić information content (AvgIpc) is 2.54. The number of para-hydroxylation sites is 1. The molecule has 0 radical (unpaired) electrons. The molecule has 3 rings (SSSR count). The Morgan fingerprint density at radius 3 is 2.86 bits per heavy atom. The standard InChI is InChI=1S/C17H21FN2OS/c1-12-10-15(13-4-3-5-14(18)16(13)20-12)19-11-17(22-2)6-8-21-9-7-17/h3-5,10H,6-9,11H2,1-2H3,(H,19,20). The Balaban J connectivity index is 1.89. The molecule has 118 valence electrons. The maximum atomic E-state index is 14.0. The summed E-state index contributed by atoms with van der Waals surface area (Å²) in [5, 5.41) is 4.38. The molecule has 0 amide bonds. The molecule has 0 saturated carbocycles. The number of pyridine rings is 1. The number of rotatable bonds is 4. The van der Waals surface area contributed by atoms with E-state index in [2.05, 4.69) is 16.6 Å². The largest absolute Gasteiger partial charge is 0.383 e. The quantitative estimate of drug-likeness (QED) is 0.923. The molecule has 2 heterocycles. The molecular weight excluding hydrogens is 299 g/mol. The van der Waals surface area contributed by atoms with Crippen molar-refractivity contribution in [2.24, 2.45) is 0 Å². The molecule has 5 heteroatoms. The predicted molar refractivity (Wildman–Crippen MR) is 91.2 cm³/mol. The van der Waals surface area contributed by atoms with Crippen molar-refractivity contribution < 1.29 is 9.13 Å². The normalized spacial score (nSPS) is 17.6. The molecule has 0 atom stereocenters. The van der Waals surface area contributed by atoms with Crippen molar-refractivity contribution in [2.75, 3.05) is 31.3 Å². The van der Waals surface area contributed by atoms with Gasteiger partial charge in [0.15, 0.2) is 0 Å². The fraction of sp³-hybridized carbons (Fsp3) is 0.471. The molecule has 1 aliphatic rings. The molecule has 2 aromatic rings. The predicted octanol–water partition coefficient (Wildman–Crippen LogP) is 4.01. The first kappa shape index (κ1) is 15.6. The molecule has 1 aromatic carbocycles. The fourth-order valence-electron chi connectivity index (χ4n) is 2.94. The SMILES string of the molecule is CSC1(CNc2cc(C)nc3c(F)cccc23)CCOCC1. The highest BCUT2D eigenvalue weighted by Gasteiger charge is 2.31. The van der Waals surface area contributed by atoms with Gasteiger partial charge in [-0.2, -0.15) is 11.8 Å². The molecule has 1 saturated heterocycles. The zero-order valence-corrected chi connectivity index (χ0v) is 13.8. The number of fused-ring (bicyclic) bond motifs is 1. The van der Waals surface area contributed by atoms with Gasteiger partial charge in [0.1, 0.15) is 11.3 Å². The van der Waals surface area contributed by atoms with Crippen molar-refractivity contribution in [1.29, 1.82) is 0 Å². The Hall–Kier alpha value is -1.33. The topological polar surface area (TPSA) is 34.2 Å². The van der Waals surface area contributed by atoms with Crippen LogP contribution in [0.1, 0.15) is 18.5 Å². The monoisotopic (exact) mass is 320 g/mol. The van der Waals surface area contributed by atoms with Crippen molar-refractivity contribution in [3.63, 3.8) is 0 Å². The van der Waals surface area contributed by atoms with Gasteiger partial charge < -0.3 is 10.1 Å². The zero-order chi connectivity index (χ0) is 15.6. The van der Waals surface area contributed by atoms with Gasteiger partial charge in [-0.25, -0.2) is 9.37 Å². The zero-order valence-electron chi connectivity index (χ0n) is 13.0. The molecule has 3 nitrogen and oxygen atoms in total. The van der Waals surface area contributed by atoms with E-state index in [1.165, 1.54) is 6.07 Å². The van der Waals surface area contributed by atoms with Crippen molar-refractivity contribution in [1.82, 2.24) is 4.98 Å². The number of anilines is 1. The lowest BCUT2D eigenvalue weighted by atomic mass is 9.98. The molecule has 0 aliphatic carbocycles. The van der Waals surface area contributed by atoms with Crippen LogP contribution in [-0.4, -0.2) is 35.7 Å². The first-order valence-corrected chi connectivity index (χ1v) is 8.79. The summed E-state index contributed by atoms with van der Waals surface area (Å²) < 4.78 is 19.6. The summed E-state index contributed by atoms with van der Waals surface area (Å²) in [6.07, 6.45) is 4.23. The Bertz CT molecular complexity index is 671. The number of aromatic nitrogens is 1. The molecule has 1 aliphatic heterocycles. The lowest BCUT2D eigenvalue weighted by Gasteiger charge is -2.36. The molecule has 0 bridgehead atoms. The third kappa shape index (κ3) is 3.06. The van der Waals surface area contributed by atoms with Gasteiger partial charge in [0.25, 0.3) is 0 Å². The van der Waals surface area contributed by atoms with Crippen LogP contribution in [0.25, 0.3) is 10.9 Å². The summed E-state index contributed by atoms with van der Waals surface area (Å²) in [5.41, 5.74) is 2.22. The fourth-order valence-corrected chi connectivity index (χ4v) is 3.73. The second-order valence-corrected chi connectivity index (χ2v) is 7.07. The number of nitrogens with one attached hydrogen (secondary N) is 1. The van der Waals surface area contributed by atoms with Crippen molar-refractivity contribution in [3.05, 3.63) is 35.8 Å². The van der Waals surface area contributed by atoms with Crippen LogP contribution in [0, 0.1) is 12.7 Å². The van der Waals surface area contributed by atoms with E-state index in [9.17, 15) is 4.39 Å². The first-order chi connectivity index (χ1) is 10.6. The highest BCUT2D eigenvalue weighted by Crippen LogP contribution is 2.35. The summed E-state index contributed by atoms with van der Waals surface area (Å²) in [5.74, 6) is -0.269. The average molecular weight is 320 g/mol. The van der Waals surface area contributed by atoms with E-state index in [0.29, 0.717) is 5.52 Å². The lowest BCUT2D eigenvalue weighted by Crippen LogP contribution is -2.39. The minimum Gasteiger partial charge on any atom is -0.383 e. The van der Waals surface area contributed by atoms with Gasteiger partial charge in [-0.15, -0.1) is 0 Å². The van der Waals surface area contributed by atoms with Gasteiger partial charge in [0, 0.05) is 41.3 Å².